The summed E-state index contributed by atoms with van der Waals surface area (Å²) in [5.41, 5.74) is 0. The maximum absolute atomic E-state index is 9.96. The Hall–Kier alpha value is 1.07. The minimum atomic E-state index is -1.86. The van der Waals surface area contributed by atoms with Crippen molar-refractivity contribution in [2.45, 2.75) is 6.42 Å². The van der Waals surface area contributed by atoms with E-state index < -0.39 is 11.1 Å². The normalized spacial score (nSPS) is 12.8. The Morgan fingerprint density at radius 3 is 2.30 bits per heavy atom. The molecule has 0 aromatic rings. The van der Waals surface area contributed by atoms with Crippen molar-refractivity contribution >= 4 is 11.1 Å². The Labute approximate surface area is 86.7 Å². The molecule has 0 fully saturated rings. The Kier molecular flexibility index (Phi) is 11.1. The standard InChI is InChI=1S/C5H13NO2S.Na/c1-6(2)4-3-5-9(7)8;/h3-5H2,1-2H3,(H,7,8);/q;+1/p-1. The molecular weight excluding hydrogens is 161 g/mol. The van der Waals surface area contributed by atoms with Crippen molar-refractivity contribution in [2.24, 2.45) is 0 Å². The Morgan fingerprint density at radius 2 is 2.00 bits per heavy atom. The van der Waals surface area contributed by atoms with Crippen molar-refractivity contribution < 1.29 is 38.3 Å². The Morgan fingerprint density at radius 1 is 1.50 bits per heavy atom. The summed E-state index contributed by atoms with van der Waals surface area (Å²) in [6.07, 6.45) is 0.725. The summed E-state index contributed by atoms with van der Waals surface area (Å²) in [7, 11) is 3.85. The monoisotopic (exact) mass is 173 g/mol. The van der Waals surface area contributed by atoms with E-state index in [9.17, 15) is 8.76 Å². The van der Waals surface area contributed by atoms with E-state index in [1.165, 1.54) is 0 Å². The quantitative estimate of drug-likeness (QED) is 0.332. The molecular formula is C5H12NNaO2S. The summed E-state index contributed by atoms with van der Waals surface area (Å²) < 4.78 is 19.9. The Balaban J connectivity index is 0. The predicted octanol–water partition coefficient (Wildman–Crippen LogP) is -3.18. The van der Waals surface area contributed by atoms with Crippen molar-refractivity contribution in [2.75, 3.05) is 26.4 Å². The molecule has 0 aromatic carbocycles. The molecule has 0 bridgehead atoms. The molecule has 0 aliphatic heterocycles. The van der Waals surface area contributed by atoms with E-state index in [-0.39, 0.29) is 35.3 Å². The fourth-order valence-corrected chi connectivity index (χ4v) is 0.863. The zero-order chi connectivity index (χ0) is 7.28. The molecule has 0 saturated heterocycles. The van der Waals surface area contributed by atoms with Gasteiger partial charge >= 0.3 is 29.6 Å². The van der Waals surface area contributed by atoms with Crippen LogP contribution in [-0.2, 0) is 11.1 Å². The zero-order valence-electron chi connectivity index (χ0n) is 6.79. The van der Waals surface area contributed by atoms with Gasteiger partial charge < -0.3 is 9.45 Å². The van der Waals surface area contributed by atoms with E-state index in [1.54, 1.807) is 0 Å². The Bertz CT molecular complexity index is 99.6. The molecule has 0 radical (unpaired) electrons. The number of hydrogen-bond donors (Lipinski definition) is 0. The first-order valence-corrected chi connectivity index (χ1v) is 4.08. The molecule has 0 aliphatic rings. The van der Waals surface area contributed by atoms with E-state index in [0.717, 1.165) is 13.0 Å². The van der Waals surface area contributed by atoms with Gasteiger partial charge in [0.15, 0.2) is 0 Å². The second-order valence-electron chi connectivity index (χ2n) is 2.16. The van der Waals surface area contributed by atoms with Gasteiger partial charge in [0.05, 0.1) is 0 Å². The molecule has 5 heteroatoms. The third-order valence-electron chi connectivity index (χ3n) is 0.916. The molecule has 0 heterocycles. The van der Waals surface area contributed by atoms with Crippen LogP contribution < -0.4 is 29.6 Å². The summed E-state index contributed by atoms with van der Waals surface area (Å²) in [5, 5.41) is 0. The molecule has 0 spiro atoms. The van der Waals surface area contributed by atoms with Crippen molar-refractivity contribution in [3.8, 4) is 0 Å². The molecule has 56 valence electrons. The molecule has 0 N–H and O–H groups in total. The van der Waals surface area contributed by atoms with E-state index >= 15 is 0 Å². The molecule has 0 aliphatic carbocycles. The molecule has 1 unspecified atom stereocenters. The van der Waals surface area contributed by atoms with Crippen LogP contribution in [0, 0.1) is 0 Å². The zero-order valence-corrected chi connectivity index (χ0v) is 9.61. The fourth-order valence-electron chi connectivity index (χ4n) is 0.499. The minimum absolute atomic E-state index is 0. The van der Waals surface area contributed by atoms with E-state index in [4.69, 9.17) is 0 Å². The maximum atomic E-state index is 9.96. The van der Waals surface area contributed by atoms with Crippen LogP contribution >= 0.6 is 0 Å². The largest absolute Gasteiger partial charge is 1.00 e. The average Bonchev–Trinajstić information content (AvgIpc) is 1.63. The summed E-state index contributed by atoms with van der Waals surface area (Å²) in [4.78, 5) is 1.97. The van der Waals surface area contributed by atoms with E-state index in [0.29, 0.717) is 0 Å². The van der Waals surface area contributed by atoms with Gasteiger partial charge in [-0.25, -0.2) is 0 Å². The van der Waals surface area contributed by atoms with Gasteiger partial charge in [0, 0.05) is 5.75 Å². The van der Waals surface area contributed by atoms with Gasteiger partial charge in [0.25, 0.3) is 0 Å². The number of hydrogen-bond acceptors (Lipinski definition) is 3. The molecule has 0 aromatic heterocycles. The van der Waals surface area contributed by atoms with Crippen LogP contribution in [0.3, 0.4) is 0 Å². The van der Waals surface area contributed by atoms with Gasteiger partial charge in [-0.15, -0.1) is 0 Å². The van der Waals surface area contributed by atoms with Crippen LogP contribution in [0.25, 0.3) is 0 Å². The van der Waals surface area contributed by atoms with Crippen molar-refractivity contribution in [1.82, 2.24) is 4.90 Å². The van der Waals surface area contributed by atoms with Crippen molar-refractivity contribution in [3.05, 3.63) is 0 Å². The van der Waals surface area contributed by atoms with Crippen LogP contribution in [0.15, 0.2) is 0 Å². The molecule has 0 rings (SSSR count). The second-order valence-corrected chi connectivity index (χ2v) is 3.18. The van der Waals surface area contributed by atoms with Crippen LogP contribution in [0.1, 0.15) is 6.42 Å². The topological polar surface area (TPSA) is 43.4 Å². The predicted molar refractivity (Wildman–Crippen MR) is 37.0 cm³/mol. The van der Waals surface area contributed by atoms with Gasteiger partial charge in [-0.1, -0.05) is 11.1 Å². The average molecular weight is 173 g/mol. The van der Waals surface area contributed by atoms with Crippen molar-refractivity contribution in [3.63, 3.8) is 0 Å². The number of rotatable bonds is 4. The van der Waals surface area contributed by atoms with Crippen LogP contribution in [-0.4, -0.2) is 40.1 Å². The summed E-state index contributed by atoms with van der Waals surface area (Å²) in [5.74, 6) is 0.276. The third kappa shape index (κ3) is 11.8. The van der Waals surface area contributed by atoms with Crippen LogP contribution in [0.4, 0.5) is 0 Å². The first-order chi connectivity index (χ1) is 4.13. The third-order valence-corrected chi connectivity index (χ3v) is 1.54. The minimum Gasteiger partial charge on any atom is -0.772 e. The van der Waals surface area contributed by atoms with Gasteiger partial charge in [0.1, 0.15) is 0 Å². The summed E-state index contributed by atoms with van der Waals surface area (Å²) in [6.45, 7) is 0.841. The van der Waals surface area contributed by atoms with Gasteiger partial charge in [-0.3, -0.25) is 4.21 Å². The van der Waals surface area contributed by atoms with Crippen LogP contribution in [0.2, 0.25) is 0 Å². The molecule has 1 atom stereocenters. The summed E-state index contributed by atoms with van der Waals surface area (Å²) in [6, 6.07) is 0. The second kappa shape index (κ2) is 8.17. The first-order valence-electron chi connectivity index (χ1n) is 2.83. The molecule has 3 nitrogen and oxygen atoms in total. The van der Waals surface area contributed by atoms with Crippen molar-refractivity contribution in [1.29, 1.82) is 0 Å². The first kappa shape index (κ1) is 13.6. The van der Waals surface area contributed by atoms with Gasteiger partial charge in [-0.2, -0.15) is 0 Å². The molecule has 0 saturated carbocycles. The summed E-state index contributed by atoms with van der Waals surface area (Å²) >= 11 is -1.86. The number of nitrogens with zero attached hydrogens (tertiary/aromatic N) is 1. The van der Waals surface area contributed by atoms with Gasteiger partial charge in [0.2, 0.25) is 0 Å². The van der Waals surface area contributed by atoms with Gasteiger partial charge in [-0.05, 0) is 27.1 Å². The molecule has 10 heavy (non-hydrogen) atoms. The molecule has 0 amide bonds. The van der Waals surface area contributed by atoms with E-state index in [2.05, 4.69) is 0 Å². The van der Waals surface area contributed by atoms with Crippen LogP contribution in [0.5, 0.6) is 0 Å². The maximum Gasteiger partial charge on any atom is 1.00 e. The SMILES string of the molecule is CN(C)CCCS(=O)[O-].[Na+]. The smallest absolute Gasteiger partial charge is 0.772 e. The fraction of sp³-hybridized carbons (Fsp3) is 1.00. The van der Waals surface area contributed by atoms with E-state index in [1.807, 2.05) is 19.0 Å².